The van der Waals surface area contributed by atoms with Crippen LogP contribution in [-0.4, -0.2) is 16.0 Å². The van der Waals surface area contributed by atoms with Crippen LogP contribution in [0.2, 0.25) is 0 Å². The molecule has 1 aromatic heterocycles. The third-order valence-corrected chi connectivity index (χ3v) is 2.71. The van der Waals surface area contributed by atoms with Gasteiger partial charge in [0, 0.05) is 22.2 Å². The lowest BCUT2D eigenvalue weighted by Gasteiger charge is -1.99. The summed E-state index contributed by atoms with van der Waals surface area (Å²) in [6.07, 6.45) is 0. The lowest BCUT2D eigenvalue weighted by Crippen LogP contribution is -2.12. The quantitative estimate of drug-likeness (QED) is 0.286. The first kappa shape index (κ1) is 9.58. The highest BCUT2D eigenvalue weighted by molar-refractivity contribution is 6.01. The summed E-state index contributed by atoms with van der Waals surface area (Å²) in [5.74, 6) is 0.134. The van der Waals surface area contributed by atoms with E-state index in [2.05, 4.69) is 10.1 Å². The molecule has 0 saturated heterocycles. The maximum atomic E-state index is 8.59. The fourth-order valence-corrected chi connectivity index (χ4v) is 1.68. The van der Waals surface area contributed by atoms with E-state index >= 15 is 0 Å². The number of aromatic nitrogens is 1. The van der Waals surface area contributed by atoms with Crippen LogP contribution in [-0.2, 0) is 0 Å². The first-order valence-corrected chi connectivity index (χ1v) is 4.70. The van der Waals surface area contributed by atoms with E-state index in [-0.39, 0.29) is 5.84 Å². The van der Waals surface area contributed by atoms with Crippen molar-refractivity contribution in [2.45, 2.75) is 13.8 Å². The van der Waals surface area contributed by atoms with Gasteiger partial charge in [0.1, 0.15) is 0 Å². The van der Waals surface area contributed by atoms with Crippen LogP contribution in [0.15, 0.2) is 23.4 Å². The van der Waals surface area contributed by atoms with Gasteiger partial charge in [0.25, 0.3) is 0 Å². The molecule has 0 unspecified atom stereocenters. The standard InChI is InChI=1S/C11H13N3O/c1-6-7(2)13-10-4-3-8(5-9(6)10)11(12)14-15/h3-5,13,15H,1-2H3,(H2,12,14). The van der Waals surface area contributed by atoms with E-state index in [1.165, 1.54) is 5.56 Å². The number of H-pyrrole nitrogens is 1. The minimum atomic E-state index is 0.134. The van der Waals surface area contributed by atoms with E-state index in [4.69, 9.17) is 10.9 Å². The molecule has 2 rings (SSSR count). The maximum absolute atomic E-state index is 8.59. The third kappa shape index (κ3) is 1.44. The molecular weight excluding hydrogens is 190 g/mol. The van der Waals surface area contributed by atoms with Gasteiger partial charge in [-0.1, -0.05) is 5.16 Å². The van der Waals surface area contributed by atoms with E-state index in [0.717, 1.165) is 22.2 Å². The van der Waals surface area contributed by atoms with Crippen molar-refractivity contribution in [3.05, 3.63) is 35.0 Å². The summed E-state index contributed by atoms with van der Waals surface area (Å²) >= 11 is 0. The maximum Gasteiger partial charge on any atom is 0.170 e. The Bertz CT molecular complexity index is 540. The van der Waals surface area contributed by atoms with Crippen LogP contribution in [0.25, 0.3) is 10.9 Å². The lowest BCUT2D eigenvalue weighted by molar-refractivity contribution is 0.318. The van der Waals surface area contributed by atoms with Gasteiger partial charge >= 0.3 is 0 Å². The van der Waals surface area contributed by atoms with Gasteiger partial charge in [-0.05, 0) is 37.6 Å². The van der Waals surface area contributed by atoms with Crippen LogP contribution in [0.5, 0.6) is 0 Å². The van der Waals surface area contributed by atoms with Gasteiger partial charge in [-0.25, -0.2) is 0 Å². The minimum absolute atomic E-state index is 0.134. The Balaban J connectivity index is 2.69. The number of oxime groups is 1. The Morgan fingerprint density at radius 1 is 1.40 bits per heavy atom. The molecule has 1 heterocycles. The zero-order chi connectivity index (χ0) is 11.0. The number of amidine groups is 1. The molecule has 0 amide bonds. The molecule has 0 spiro atoms. The molecule has 0 aliphatic rings. The minimum Gasteiger partial charge on any atom is -0.409 e. The lowest BCUT2D eigenvalue weighted by atomic mass is 10.1. The number of aryl methyl sites for hydroxylation is 2. The molecular formula is C11H13N3O. The van der Waals surface area contributed by atoms with Crippen molar-refractivity contribution in [1.82, 2.24) is 4.98 Å². The Morgan fingerprint density at radius 3 is 2.80 bits per heavy atom. The van der Waals surface area contributed by atoms with E-state index in [0.29, 0.717) is 0 Å². The Morgan fingerprint density at radius 2 is 2.13 bits per heavy atom. The van der Waals surface area contributed by atoms with Gasteiger partial charge in [0.15, 0.2) is 5.84 Å². The second-order valence-corrected chi connectivity index (χ2v) is 3.62. The van der Waals surface area contributed by atoms with Gasteiger partial charge in [0.2, 0.25) is 0 Å². The summed E-state index contributed by atoms with van der Waals surface area (Å²) in [6.45, 7) is 4.07. The van der Waals surface area contributed by atoms with E-state index < -0.39 is 0 Å². The van der Waals surface area contributed by atoms with E-state index in [1.807, 2.05) is 32.0 Å². The molecule has 0 bridgehead atoms. The Hall–Kier alpha value is -1.97. The largest absolute Gasteiger partial charge is 0.409 e. The van der Waals surface area contributed by atoms with E-state index in [1.54, 1.807) is 0 Å². The highest BCUT2D eigenvalue weighted by atomic mass is 16.4. The summed E-state index contributed by atoms with van der Waals surface area (Å²) in [5, 5.41) is 12.7. The fraction of sp³-hybridized carbons (Fsp3) is 0.182. The number of nitrogens with zero attached hydrogens (tertiary/aromatic N) is 1. The molecule has 0 saturated carbocycles. The molecule has 0 aliphatic carbocycles. The van der Waals surface area contributed by atoms with Crippen LogP contribution in [0.4, 0.5) is 0 Å². The molecule has 4 N–H and O–H groups in total. The predicted octanol–water partition coefficient (Wildman–Crippen LogP) is 1.88. The number of nitrogens with one attached hydrogen (secondary N) is 1. The average molecular weight is 203 g/mol. The van der Waals surface area contributed by atoms with Crippen molar-refractivity contribution in [2.75, 3.05) is 0 Å². The van der Waals surface area contributed by atoms with Crippen molar-refractivity contribution in [3.8, 4) is 0 Å². The summed E-state index contributed by atoms with van der Waals surface area (Å²) in [4.78, 5) is 3.27. The van der Waals surface area contributed by atoms with E-state index in [9.17, 15) is 0 Å². The summed E-state index contributed by atoms with van der Waals surface area (Å²) in [5.41, 5.74) is 9.66. The van der Waals surface area contributed by atoms with Crippen LogP contribution in [0.3, 0.4) is 0 Å². The number of benzene rings is 1. The van der Waals surface area contributed by atoms with Crippen LogP contribution in [0.1, 0.15) is 16.8 Å². The number of hydrogen-bond acceptors (Lipinski definition) is 2. The molecule has 0 radical (unpaired) electrons. The van der Waals surface area contributed by atoms with Gasteiger partial charge in [-0.2, -0.15) is 0 Å². The Labute approximate surface area is 87.4 Å². The highest BCUT2D eigenvalue weighted by Crippen LogP contribution is 2.22. The second kappa shape index (κ2) is 3.31. The van der Waals surface area contributed by atoms with Gasteiger partial charge in [0.05, 0.1) is 0 Å². The zero-order valence-electron chi connectivity index (χ0n) is 8.70. The smallest absolute Gasteiger partial charge is 0.170 e. The van der Waals surface area contributed by atoms with Crippen molar-refractivity contribution in [3.63, 3.8) is 0 Å². The van der Waals surface area contributed by atoms with Crippen molar-refractivity contribution in [1.29, 1.82) is 0 Å². The van der Waals surface area contributed by atoms with Crippen molar-refractivity contribution < 1.29 is 5.21 Å². The second-order valence-electron chi connectivity index (χ2n) is 3.62. The molecule has 4 nitrogen and oxygen atoms in total. The summed E-state index contributed by atoms with van der Waals surface area (Å²) < 4.78 is 0. The van der Waals surface area contributed by atoms with Gasteiger partial charge in [-0.3, -0.25) is 0 Å². The number of nitrogens with two attached hydrogens (primary N) is 1. The average Bonchev–Trinajstić information content (AvgIpc) is 2.54. The van der Waals surface area contributed by atoms with Crippen molar-refractivity contribution in [2.24, 2.45) is 10.9 Å². The van der Waals surface area contributed by atoms with Crippen molar-refractivity contribution >= 4 is 16.7 Å². The summed E-state index contributed by atoms with van der Waals surface area (Å²) in [7, 11) is 0. The Kier molecular flexibility index (Phi) is 2.11. The molecule has 15 heavy (non-hydrogen) atoms. The van der Waals surface area contributed by atoms with Crippen LogP contribution >= 0.6 is 0 Å². The third-order valence-electron chi connectivity index (χ3n) is 2.71. The monoisotopic (exact) mass is 203 g/mol. The zero-order valence-corrected chi connectivity index (χ0v) is 8.70. The normalized spacial score (nSPS) is 12.3. The number of fused-ring (bicyclic) bond motifs is 1. The predicted molar refractivity (Wildman–Crippen MR) is 60.3 cm³/mol. The first-order chi connectivity index (χ1) is 7.13. The number of hydrogen-bond donors (Lipinski definition) is 3. The van der Waals surface area contributed by atoms with Crippen LogP contribution in [0, 0.1) is 13.8 Å². The van der Waals surface area contributed by atoms with Gasteiger partial charge in [-0.15, -0.1) is 0 Å². The number of rotatable bonds is 1. The molecule has 0 atom stereocenters. The molecule has 1 aromatic carbocycles. The fourth-order valence-electron chi connectivity index (χ4n) is 1.68. The van der Waals surface area contributed by atoms with Crippen LogP contribution < -0.4 is 5.73 Å². The molecule has 4 heteroatoms. The first-order valence-electron chi connectivity index (χ1n) is 4.70. The van der Waals surface area contributed by atoms with Gasteiger partial charge < -0.3 is 15.9 Å². The SMILES string of the molecule is Cc1[nH]c2ccc(/C(N)=N\O)cc2c1C. The topological polar surface area (TPSA) is 74.4 Å². The molecule has 0 aliphatic heterocycles. The molecule has 78 valence electrons. The highest BCUT2D eigenvalue weighted by Gasteiger charge is 2.06. The summed E-state index contributed by atoms with van der Waals surface area (Å²) in [6, 6.07) is 5.68. The number of aromatic amines is 1. The molecule has 2 aromatic rings. The molecule has 0 fully saturated rings.